The number of amides is 1. The van der Waals surface area contributed by atoms with E-state index in [2.05, 4.69) is 18.0 Å². The fraction of sp³-hybridized carbons (Fsp3) is 0.500. The molecule has 1 aromatic heterocycles. The zero-order chi connectivity index (χ0) is 16.7. The molecule has 24 heavy (non-hydrogen) atoms. The first kappa shape index (κ1) is 15.7. The lowest BCUT2D eigenvalue weighted by Gasteiger charge is -2.25. The maximum atomic E-state index is 12.8. The van der Waals surface area contributed by atoms with Crippen LogP contribution in [0.2, 0.25) is 0 Å². The third-order valence-corrected chi connectivity index (χ3v) is 5.50. The number of ether oxygens (including phenoxy) is 2. The number of hydrogen-bond donors (Lipinski definition) is 1. The minimum absolute atomic E-state index is 0.0637. The Hall–Kier alpha value is -1.82. The number of carbonyl (C=O) groups excluding carboxylic acids is 1. The highest BCUT2D eigenvalue weighted by molar-refractivity contribution is 7.99. The highest BCUT2D eigenvalue weighted by Crippen LogP contribution is 2.41. The van der Waals surface area contributed by atoms with Crippen LogP contribution in [0.5, 0.6) is 11.5 Å². The van der Waals surface area contributed by atoms with Gasteiger partial charge in [0, 0.05) is 42.0 Å². The average Bonchev–Trinajstić information content (AvgIpc) is 3.18. The number of aromatic amines is 1. The molecule has 1 atom stereocenters. The number of fused-ring (bicyclic) bond motifs is 3. The van der Waals surface area contributed by atoms with Crippen LogP contribution in [-0.4, -0.2) is 53.1 Å². The van der Waals surface area contributed by atoms with Crippen molar-refractivity contribution < 1.29 is 14.3 Å². The average molecular weight is 346 g/mol. The van der Waals surface area contributed by atoms with E-state index in [4.69, 9.17) is 9.47 Å². The summed E-state index contributed by atoms with van der Waals surface area (Å²) in [6.45, 7) is 6.25. The third kappa shape index (κ3) is 2.62. The SMILES string of the molecule is CCOc1cc2c(c3[nH]c(C(=O)N4CCSCC4)cc13)O[C@@H](C)C2. The molecule has 1 N–H and O–H groups in total. The van der Waals surface area contributed by atoms with Crippen LogP contribution in [0.25, 0.3) is 10.9 Å². The largest absolute Gasteiger partial charge is 0.493 e. The van der Waals surface area contributed by atoms with Crippen LogP contribution in [0, 0.1) is 0 Å². The molecule has 0 spiro atoms. The summed E-state index contributed by atoms with van der Waals surface area (Å²) in [6.07, 6.45) is 1.03. The molecule has 128 valence electrons. The Morgan fingerprint density at radius 2 is 2.21 bits per heavy atom. The van der Waals surface area contributed by atoms with Crippen molar-refractivity contribution in [2.75, 3.05) is 31.2 Å². The molecule has 0 aliphatic carbocycles. The van der Waals surface area contributed by atoms with Gasteiger partial charge in [-0.05, 0) is 26.0 Å². The van der Waals surface area contributed by atoms with Gasteiger partial charge in [-0.25, -0.2) is 0 Å². The normalized spacial score (nSPS) is 20.1. The number of H-pyrrole nitrogens is 1. The second-order valence-corrected chi connectivity index (χ2v) is 7.53. The van der Waals surface area contributed by atoms with Crippen molar-refractivity contribution in [3.63, 3.8) is 0 Å². The molecule has 1 saturated heterocycles. The fourth-order valence-corrected chi connectivity index (χ4v) is 4.36. The van der Waals surface area contributed by atoms with E-state index >= 15 is 0 Å². The minimum Gasteiger partial charge on any atom is -0.493 e. The standard InChI is InChI=1S/C18H22N2O3S/c1-3-22-15-9-12-8-11(2)23-17(12)16-13(15)10-14(19-16)18(21)20-4-6-24-7-5-20/h9-11,19H,3-8H2,1-2H3/t11-/m0/s1. The topological polar surface area (TPSA) is 54.6 Å². The van der Waals surface area contributed by atoms with E-state index in [1.54, 1.807) is 0 Å². The van der Waals surface area contributed by atoms with Gasteiger partial charge in [-0.3, -0.25) is 4.79 Å². The minimum atomic E-state index is 0.0637. The van der Waals surface area contributed by atoms with Gasteiger partial charge >= 0.3 is 0 Å². The first-order valence-electron chi connectivity index (χ1n) is 8.52. The number of nitrogens with zero attached hydrogens (tertiary/aromatic N) is 1. The molecule has 0 saturated carbocycles. The molecule has 1 aromatic carbocycles. The van der Waals surface area contributed by atoms with Crippen molar-refractivity contribution in [1.29, 1.82) is 0 Å². The molecule has 5 nitrogen and oxygen atoms in total. The predicted octanol–water partition coefficient (Wildman–Crippen LogP) is 3.08. The first-order valence-corrected chi connectivity index (χ1v) is 9.68. The molecule has 1 amide bonds. The molecule has 0 unspecified atom stereocenters. The number of hydrogen-bond acceptors (Lipinski definition) is 4. The number of carbonyl (C=O) groups is 1. The summed E-state index contributed by atoms with van der Waals surface area (Å²) < 4.78 is 11.8. The van der Waals surface area contributed by atoms with Crippen LogP contribution in [0.15, 0.2) is 12.1 Å². The van der Waals surface area contributed by atoms with Crippen molar-refractivity contribution in [3.05, 3.63) is 23.4 Å². The number of aromatic nitrogens is 1. The van der Waals surface area contributed by atoms with Gasteiger partial charge in [0.2, 0.25) is 0 Å². The summed E-state index contributed by atoms with van der Waals surface area (Å²) in [5.41, 5.74) is 2.65. The van der Waals surface area contributed by atoms with Crippen molar-refractivity contribution in [2.24, 2.45) is 0 Å². The second-order valence-electron chi connectivity index (χ2n) is 6.30. The van der Waals surface area contributed by atoms with E-state index in [0.717, 1.165) is 59.0 Å². The van der Waals surface area contributed by atoms with E-state index in [9.17, 15) is 4.79 Å². The van der Waals surface area contributed by atoms with E-state index in [1.807, 2.05) is 29.7 Å². The molecule has 4 rings (SSSR count). The molecule has 0 radical (unpaired) electrons. The Kier molecular flexibility index (Phi) is 4.08. The van der Waals surface area contributed by atoms with Crippen LogP contribution in [0.1, 0.15) is 29.9 Å². The van der Waals surface area contributed by atoms with Crippen molar-refractivity contribution in [1.82, 2.24) is 9.88 Å². The highest BCUT2D eigenvalue weighted by Gasteiger charge is 2.27. The van der Waals surface area contributed by atoms with E-state index in [-0.39, 0.29) is 12.0 Å². The fourth-order valence-electron chi connectivity index (χ4n) is 3.46. The Morgan fingerprint density at radius 3 is 2.96 bits per heavy atom. The number of thioether (sulfide) groups is 1. The van der Waals surface area contributed by atoms with Crippen molar-refractivity contribution in [2.45, 2.75) is 26.4 Å². The maximum absolute atomic E-state index is 12.8. The van der Waals surface area contributed by atoms with Crippen LogP contribution in [0.4, 0.5) is 0 Å². The molecule has 2 aliphatic heterocycles. The lowest BCUT2D eigenvalue weighted by atomic mass is 10.1. The molecule has 0 bridgehead atoms. The molecule has 2 aromatic rings. The van der Waals surface area contributed by atoms with E-state index in [0.29, 0.717) is 12.3 Å². The van der Waals surface area contributed by atoms with Gasteiger partial charge in [-0.2, -0.15) is 11.8 Å². The van der Waals surface area contributed by atoms with Gasteiger partial charge < -0.3 is 19.4 Å². The summed E-state index contributed by atoms with van der Waals surface area (Å²) in [5, 5.41) is 0.930. The Balaban J connectivity index is 1.77. The lowest BCUT2D eigenvalue weighted by molar-refractivity contribution is 0.0767. The Bertz CT molecular complexity index is 780. The molecule has 1 fully saturated rings. The number of rotatable bonds is 3. The quantitative estimate of drug-likeness (QED) is 0.928. The van der Waals surface area contributed by atoms with Gasteiger partial charge in [0.05, 0.1) is 12.1 Å². The summed E-state index contributed by atoms with van der Waals surface area (Å²) in [6, 6.07) is 3.97. The van der Waals surface area contributed by atoms with Gasteiger partial charge in [-0.1, -0.05) is 0 Å². The van der Waals surface area contributed by atoms with Crippen molar-refractivity contribution in [3.8, 4) is 11.5 Å². The van der Waals surface area contributed by atoms with Gasteiger partial charge in [0.25, 0.3) is 5.91 Å². The monoisotopic (exact) mass is 346 g/mol. The summed E-state index contributed by atoms with van der Waals surface area (Å²) in [4.78, 5) is 18.0. The molecule has 2 aliphatic rings. The molecule has 3 heterocycles. The number of nitrogens with one attached hydrogen (secondary N) is 1. The van der Waals surface area contributed by atoms with Crippen molar-refractivity contribution >= 4 is 28.6 Å². The number of benzene rings is 1. The van der Waals surface area contributed by atoms with Gasteiger partial charge in [-0.15, -0.1) is 0 Å². The lowest BCUT2D eigenvalue weighted by Crippen LogP contribution is -2.38. The summed E-state index contributed by atoms with van der Waals surface area (Å²) in [5.74, 6) is 3.77. The predicted molar refractivity (Wildman–Crippen MR) is 96.5 cm³/mol. The van der Waals surface area contributed by atoms with Crippen LogP contribution >= 0.6 is 11.8 Å². The van der Waals surface area contributed by atoms with E-state index in [1.165, 1.54) is 0 Å². The summed E-state index contributed by atoms with van der Waals surface area (Å²) in [7, 11) is 0. The van der Waals surface area contributed by atoms with Gasteiger partial charge in [0.1, 0.15) is 23.3 Å². The van der Waals surface area contributed by atoms with Crippen LogP contribution in [-0.2, 0) is 6.42 Å². The molecular weight excluding hydrogens is 324 g/mol. The highest BCUT2D eigenvalue weighted by atomic mass is 32.2. The first-order chi connectivity index (χ1) is 11.7. The van der Waals surface area contributed by atoms with Gasteiger partial charge in [0.15, 0.2) is 0 Å². The van der Waals surface area contributed by atoms with Crippen LogP contribution < -0.4 is 9.47 Å². The summed E-state index contributed by atoms with van der Waals surface area (Å²) >= 11 is 1.90. The zero-order valence-electron chi connectivity index (χ0n) is 14.1. The van der Waals surface area contributed by atoms with E-state index < -0.39 is 0 Å². The molecule has 6 heteroatoms. The molecular formula is C18H22N2O3S. The Morgan fingerprint density at radius 1 is 1.42 bits per heavy atom. The maximum Gasteiger partial charge on any atom is 0.270 e. The second kappa shape index (κ2) is 6.24. The smallest absolute Gasteiger partial charge is 0.270 e. The zero-order valence-corrected chi connectivity index (χ0v) is 14.9. The van der Waals surface area contributed by atoms with Crippen LogP contribution in [0.3, 0.4) is 0 Å². The third-order valence-electron chi connectivity index (χ3n) is 4.56. The Labute approximate surface area is 145 Å².